The van der Waals surface area contributed by atoms with Gasteiger partial charge >= 0.3 is 6.03 Å². The van der Waals surface area contributed by atoms with Gasteiger partial charge in [-0.05, 0) is 45.2 Å². The Labute approximate surface area is 114 Å². The number of rotatable bonds is 5. The van der Waals surface area contributed by atoms with Crippen molar-refractivity contribution in [1.29, 1.82) is 0 Å². The molecule has 0 radical (unpaired) electrons. The van der Waals surface area contributed by atoms with E-state index in [4.69, 9.17) is 5.73 Å². The zero-order chi connectivity index (χ0) is 13.8. The molecular formula is C13H24N4O2. The molecule has 2 aliphatic rings. The van der Waals surface area contributed by atoms with Gasteiger partial charge in [0.15, 0.2) is 0 Å². The van der Waals surface area contributed by atoms with Crippen molar-refractivity contribution in [2.45, 2.75) is 44.2 Å². The summed E-state index contributed by atoms with van der Waals surface area (Å²) in [6.45, 7) is 0.915. The summed E-state index contributed by atoms with van der Waals surface area (Å²) in [5, 5.41) is 5.11. The van der Waals surface area contributed by atoms with Gasteiger partial charge in [-0.3, -0.25) is 15.0 Å². The molecule has 2 fully saturated rings. The Hall–Kier alpha value is -1.14. The topological polar surface area (TPSA) is 87.5 Å². The molecule has 108 valence electrons. The SMILES string of the molecule is CN(CC(=O)NC(=O)NC1CC1)C1CCCC1CN. The third-order valence-corrected chi connectivity index (χ3v) is 4.05. The largest absolute Gasteiger partial charge is 0.335 e. The van der Waals surface area contributed by atoms with Crippen molar-refractivity contribution in [2.24, 2.45) is 11.7 Å². The molecule has 0 saturated heterocycles. The highest BCUT2D eigenvalue weighted by Crippen LogP contribution is 2.28. The number of carbonyl (C=O) groups excluding carboxylic acids is 2. The summed E-state index contributed by atoms with van der Waals surface area (Å²) in [4.78, 5) is 25.2. The molecule has 4 N–H and O–H groups in total. The summed E-state index contributed by atoms with van der Waals surface area (Å²) in [5.41, 5.74) is 5.74. The van der Waals surface area contributed by atoms with Gasteiger partial charge in [-0.25, -0.2) is 4.79 Å². The van der Waals surface area contributed by atoms with E-state index in [9.17, 15) is 9.59 Å². The van der Waals surface area contributed by atoms with E-state index < -0.39 is 0 Å². The minimum atomic E-state index is -0.373. The maximum absolute atomic E-state index is 11.8. The van der Waals surface area contributed by atoms with Crippen LogP contribution in [0.3, 0.4) is 0 Å². The third kappa shape index (κ3) is 4.18. The normalized spacial score (nSPS) is 26.5. The quantitative estimate of drug-likeness (QED) is 0.656. The zero-order valence-electron chi connectivity index (χ0n) is 11.5. The molecule has 2 rings (SSSR count). The van der Waals surface area contributed by atoms with E-state index in [1.165, 1.54) is 6.42 Å². The maximum atomic E-state index is 11.8. The zero-order valence-corrected chi connectivity index (χ0v) is 11.5. The van der Waals surface area contributed by atoms with Gasteiger partial charge < -0.3 is 11.1 Å². The molecule has 2 saturated carbocycles. The van der Waals surface area contributed by atoms with Crippen molar-refractivity contribution in [3.8, 4) is 0 Å². The molecule has 6 nitrogen and oxygen atoms in total. The van der Waals surface area contributed by atoms with E-state index in [0.717, 1.165) is 25.7 Å². The minimum Gasteiger partial charge on any atom is -0.335 e. The van der Waals surface area contributed by atoms with Gasteiger partial charge in [0, 0.05) is 12.1 Å². The van der Waals surface area contributed by atoms with Crippen LogP contribution in [0, 0.1) is 5.92 Å². The molecule has 0 aromatic carbocycles. The first kappa shape index (κ1) is 14.3. The lowest BCUT2D eigenvalue weighted by molar-refractivity contribution is -0.121. The van der Waals surface area contributed by atoms with Crippen LogP contribution in [-0.4, -0.2) is 49.1 Å². The summed E-state index contributed by atoms with van der Waals surface area (Å²) in [7, 11) is 1.93. The molecule has 0 spiro atoms. The first-order valence-corrected chi connectivity index (χ1v) is 7.10. The molecule has 0 aromatic rings. The Balaban J connectivity index is 1.72. The molecule has 2 unspecified atom stereocenters. The van der Waals surface area contributed by atoms with Crippen molar-refractivity contribution >= 4 is 11.9 Å². The molecule has 0 heterocycles. The van der Waals surface area contributed by atoms with Crippen LogP contribution in [0.25, 0.3) is 0 Å². The lowest BCUT2D eigenvalue weighted by atomic mass is 10.0. The third-order valence-electron chi connectivity index (χ3n) is 4.05. The first-order valence-electron chi connectivity index (χ1n) is 7.10. The maximum Gasteiger partial charge on any atom is 0.321 e. The second kappa shape index (κ2) is 6.34. The van der Waals surface area contributed by atoms with Crippen molar-refractivity contribution in [1.82, 2.24) is 15.5 Å². The van der Waals surface area contributed by atoms with Gasteiger partial charge in [0.2, 0.25) is 5.91 Å². The monoisotopic (exact) mass is 268 g/mol. The molecule has 0 aromatic heterocycles. The van der Waals surface area contributed by atoms with E-state index in [1.54, 1.807) is 0 Å². The van der Waals surface area contributed by atoms with Crippen LogP contribution in [-0.2, 0) is 4.79 Å². The van der Waals surface area contributed by atoms with Gasteiger partial charge in [0.05, 0.1) is 6.54 Å². The molecule has 2 aliphatic carbocycles. The van der Waals surface area contributed by atoms with Crippen molar-refractivity contribution in [3.63, 3.8) is 0 Å². The van der Waals surface area contributed by atoms with Gasteiger partial charge in [-0.2, -0.15) is 0 Å². The standard InChI is InChI=1S/C13H24N4O2/c1-17(11-4-2-3-9(11)7-14)8-12(18)16-13(19)15-10-5-6-10/h9-11H,2-8,14H2,1H3,(H2,15,16,18,19). The summed E-state index contributed by atoms with van der Waals surface area (Å²) >= 11 is 0. The Bertz CT molecular complexity index is 344. The second-order valence-corrected chi connectivity index (χ2v) is 5.71. The smallest absolute Gasteiger partial charge is 0.321 e. The van der Waals surface area contributed by atoms with E-state index in [-0.39, 0.29) is 24.5 Å². The minimum absolute atomic E-state index is 0.247. The van der Waals surface area contributed by atoms with Crippen LogP contribution in [0.2, 0.25) is 0 Å². The summed E-state index contributed by atoms with van der Waals surface area (Å²) in [6, 6.07) is 0.256. The number of urea groups is 1. The summed E-state index contributed by atoms with van der Waals surface area (Å²) in [5.74, 6) is 0.224. The van der Waals surface area contributed by atoms with Crippen molar-refractivity contribution in [3.05, 3.63) is 0 Å². The fourth-order valence-electron chi connectivity index (χ4n) is 2.83. The number of nitrogens with one attached hydrogen (secondary N) is 2. The summed E-state index contributed by atoms with van der Waals surface area (Å²) < 4.78 is 0. The number of nitrogens with two attached hydrogens (primary N) is 1. The van der Waals surface area contributed by atoms with E-state index in [0.29, 0.717) is 18.5 Å². The lowest BCUT2D eigenvalue weighted by Gasteiger charge is -2.28. The highest BCUT2D eigenvalue weighted by Gasteiger charge is 2.30. The number of nitrogens with zero attached hydrogens (tertiary/aromatic N) is 1. The highest BCUT2D eigenvalue weighted by atomic mass is 16.2. The Morgan fingerprint density at radius 1 is 1.26 bits per heavy atom. The Morgan fingerprint density at radius 2 is 2.00 bits per heavy atom. The van der Waals surface area contributed by atoms with E-state index in [1.807, 2.05) is 11.9 Å². The number of likely N-dealkylation sites (N-methyl/N-ethyl adjacent to an activating group) is 1. The fourth-order valence-corrected chi connectivity index (χ4v) is 2.83. The molecule has 19 heavy (non-hydrogen) atoms. The number of imide groups is 1. The predicted octanol–water partition coefficient (Wildman–Crippen LogP) is 0.0338. The average Bonchev–Trinajstić information content (AvgIpc) is 3.02. The van der Waals surface area contributed by atoms with Gasteiger partial charge in [0.1, 0.15) is 0 Å². The van der Waals surface area contributed by atoms with Crippen LogP contribution in [0.1, 0.15) is 32.1 Å². The van der Waals surface area contributed by atoms with Gasteiger partial charge in [0.25, 0.3) is 0 Å². The van der Waals surface area contributed by atoms with Crippen LogP contribution < -0.4 is 16.4 Å². The van der Waals surface area contributed by atoms with Crippen LogP contribution in [0.4, 0.5) is 4.79 Å². The molecule has 3 amide bonds. The van der Waals surface area contributed by atoms with Gasteiger partial charge in [-0.1, -0.05) is 6.42 Å². The fraction of sp³-hybridized carbons (Fsp3) is 0.846. The molecule has 6 heteroatoms. The van der Waals surface area contributed by atoms with E-state index >= 15 is 0 Å². The summed E-state index contributed by atoms with van der Waals surface area (Å²) in [6.07, 6.45) is 5.42. The number of hydrogen-bond acceptors (Lipinski definition) is 4. The van der Waals surface area contributed by atoms with Crippen LogP contribution in [0.5, 0.6) is 0 Å². The Kier molecular flexibility index (Phi) is 4.76. The number of carbonyl (C=O) groups is 2. The predicted molar refractivity (Wildman–Crippen MR) is 72.5 cm³/mol. The van der Waals surface area contributed by atoms with Gasteiger partial charge in [-0.15, -0.1) is 0 Å². The van der Waals surface area contributed by atoms with Crippen molar-refractivity contribution < 1.29 is 9.59 Å². The highest BCUT2D eigenvalue weighted by molar-refractivity contribution is 5.95. The first-order chi connectivity index (χ1) is 9.10. The van der Waals surface area contributed by atoms with Crippen LogP contribution >= 0.6 is 0 Å². The number of amides is 3. The average molecular weight is 268 g/mol. The van der Waals surface area contributed by atoms with Crippen molar-refractivity contribution in [2.75, 3.05) is 20.1 Å². The molecule has 0 bridgehead atoms. The second-order valence-electron chi connectivity index (χ2n) is 5.71. The Morgan fingerprint density at radius 3 is 2.63 bits per heavy atom. The number of hydrogen-bond donors (Lipinski definition) is 3. The molecule has 0 aliphatic heterocycles. The van der Waals surface area contributed by atoms with E-state index in [2.05, 4.69) is 10.6 Å². The molecule has 2 atom stereocenters. The van der Waals surface area contributed by atoms with Crippen LogP contribution in [0.15, 0.2) is 0 Å². The lowest BCUT2D eigenvalue weighted by Crippen LogP contribution is -2.47. The molecular weight excluding hydrogens is 244 g/mol.